The second kappa shape index (κ2) is 7.36. The number of hydrogen-bond donors (Lipinski definition) is 1. The second-order valence-electron chi connectivity index (χ2n) is 6.86. The number of rotatable bonds is 2. The Labute approximate surface area is 166 Å². The van der Waals surface area contributed by atoms with Gasteiger partial charge in [0.05, 0.1) is 0 Å². The number of aromatic nitrogens is 1. The molecule has 4 nitrogen and oxygen atoms in total. The highest BCUT2D eigenvalue weighted by Crippen LogP contribution is 2.42. The highest BCUT2D eigenvalue weighted by Gasteiger charge is 2.48. The van der Waals surface area contributed by atoms with Crippen molar-refractivity contribution in [2.24, 2.45) is 0 Å². The number of hydrogen-bond acceptors (Lipinski definition) is 3. The Bertz CT molecular complexity index is 1140. The van der Waals surface area contributed by atoms with E-state index in [0.717, 1.165) is 23.8 Å². The molecule has 1 fully saturated rings. The van der Waals surface area contributed by atoms with Crippen LogP contribution in [-0.4, -0.2) is 11.1 Å². The van der Waals surface area contributed by atoms with Crippen LogP contribution in [0.15, 0.2) is 67.0 Å². The zero-order chi connectivity index (χ0) is 20.4. The summed E-state index contributed by atoms with van der Waals surface area (Å²) in [6.07, 6.45) is 1.36. The molecule has 29 heavy (non-hydrogen) atoms. The molecular weight excluding hydrogens is 374 g/mol. The van der Waals surface area contributed by atoms with Crippen molar-refractivity contribution in [3.05, 3.63) is 101 Å². The van der Waals surface area contributed by atoms with E-state index in [1.165, 1.54) is 0 Å². The van der Waals surface area contributed by atoms with Gasteiger partial charge < -0.3 is 10.1 Å². The molecule has 0 saturated carbocycles. The maximum absolute atomic E-state index is 14.4. The van der Waals surface area contributed by atoms with Crippen molar-refractivity contribution >= 4 is 6.09 Å². The van der Waals surface area contributed by atoms with Crippen LogP contribution in [-0.2, 0) is 10.3 Å². The van der Waals surface area contributed by atoms with E-state index in [9.17, 15) is 13.6 Å². The maximum atomic E-state index is 14.4. The van der Waals surface area contributed by atoms with Crippen LogP contribution in [0.3, 0.4) is 0 Å². The Hall–Kier alpha value is -3.72. The fraction of sp³-hybridized carbons (Fsp3) is 0.130. The van der Waals surface area contributed by atoms with Crippen LogP contribution in [0.4, 0.5) is 13.6 Å². The van der Waals surface area contributed by atoms with Gasteiger partial charge in [-0.25, -0.2) is 13.6 Å². The summed E-state index contributed by atoms with van der Waals surface area (Å²) in [7, 11) is 0. The van der Waals surface area contributed by atoms with E-state index in [2.05, 4.69) is 22.1 Å². The minimum absolute atomic E-state index is 0.0494. The quantitative estimate of drug-likeness (QED) is 0.658. The molecule has 1 aliphatic heterocycles. The third kappa shape index (κ3) is 3.67. The van der Waals surface area contributed by atoms with Gasteiger partial charge in [0.2, 0.25) is 0 Å². The van der Waals surface area contributed by atoms with Crippen molar-refractivity contribution in [2.75, 3.05) is 0 Å². The highest BCUT2D eigenvalue weighted by atomic mass is 19.1. The molecule has 1 saturated heterocycles. The van der Waals surface area contributed by atoms with Crippen LogP contribution in [0.5, 0.6) is 0 Å². The van der Waals surface area contributed by atoms with Gasteiger partial charge in [0.15, 0.2) is 6.10 Å². The molecular formula is C23H16F2N2O2. The third-order valence-corrected chi connectivity index (χ3v) is 4.81. The minimum Gasteiger partial charge on any atom is -0.438 e. The lowest BCUT2D eigenvalue weighted by Gasteiger charge is -2.29. The Morgan fingerprint density at radius 3 is 2.59 bits per heavy atom. The molecule has 0 radical (unpaired) electrons. The second-order valence-corrected chi connectivity index (χ2v) is 6.86. The standard InChI is InChI=1S/C23H16F2N2O2/c1-23(21(29-22(28)27-23)19-12-18(24)9-10-20(19)25)17-11-16(13-26-14-17)8-7-15-5-3-2-4-6-15/h2-6,9-14,21H,1H3,(H,27,28)/t21-,23-/m0/s1. The van der Waals surface area contributed by atoms with Crippen molar-refractivity contribution in [1.82, 2.24) is 10.3 Å². The molecule has 1 aromatic heterocycles. The first-order valence-electron chi connectivity index (χ1n) is 8.92. The fourth-order valence-electron chi connectivity index (χ4n) is 3.30. The Morgan fingerprint density at radius 1 is 1.03 bits per heavy atom. The van der Waals surface area contributed by atoms with Gasteiger partial charge >= 0.3 is 6.09 Å². The van der Waals surface area contributed by atoms with Gasteiger partial charge in [0.25, 0.3) is 0 Å². The molecule has 0 bridgehead atoms. The maximum Gasteiger partial charge on any atom is 0.408 e. The highest BCUT2D eigenvalue weighted by molar-refractivity contribution is 5.72. The molecule has 0 unspecified atom stereocenters. The smallest absolute Gasteiger partial charge is 0.408 e. The average Bonchev–Trinajstić information content (AvgIpc) is 3.04. The number of ether oxygens (including phenoxy) is 1. The number of nitrogens with zero attached hydrogens (tertiary/aromatic N) is 1. The topological polar surface area (TPSA) is 51.2 Å². The normalized spacial score (nSPS) is 20.4. The van der Waals surface area contributed by atoms with Crippen LogP contribution in [0, 0.1) is 23.5 Å². The van der Waals surface area contributed by atoms with E-state index in [0.29, 0.717) is 11.1 Å². The summed E-state index contributed by atoms with van der Waals surface area (Å²) in [6, 6.07) is 14.3. The summed E-state index contributed by atoms with van der Waals surface area (Å²) in [5.41, 5.74) is 0.834. The average molecular weight is 390 g/mol. The summed E-state index contributed by atoms with van der Waals surface area (Å²) in [4.78, 5) is 16.2. The fourth-order valence-corrected chi connectivity index (χ4v) is 3.30. The van der Waals surface area contributed by atoms with Gasteiger partial charge in [0, 0.05) is 34.6 Å². The third-order valence-electron chi connectivity index (χ3n) is 4.81. The van der Waals surface area contributed by atoms with E-state index >= 15 is 0 Å². The van der Waals surface area contributed by atoms with Crippen molar-refractivity contribution < 1.29 is 18.3 Å². The van der Waals surface area contributed by atoms with E-state index in [1.54, 1.807) is 25.4 Å². The van der Waals surface area contributed by atoms with Gasteiger partial charge in [0.1, 0.15) is 17.2 Å². The van der Waals surface area contributed by atoms with Gasteiger partial charge in [-0.3, -0.25) is 4.98 Å². The Kier molecular flexibility index (Phi) is 4.73. The summed E-state index contributed by atoms with van der Waals surface area (Å²) in [5.74, 6) is 4.79. The lowest BCUT2D eigenvalue weighted by atomic mass is 9.83. The van der Waals surface area contributed by atoms with Crippen molar-refractivity contribution in [3.8, 4) is 11.8 Å². The molecule has 0 aliphatic carbocycles. The van der Waals surface area contributed by atoms with Crippen molar-refractivity contribution in [3.63, 3.8) is 0 Å². The molecule has 2 atom stereocenters. The van der Waals surface area contributed by atoms with Gasteiger partial charge in [-0.1, -0.05) is 30.0 Å². The molecule has 2 heterocycles. The molecule has 1 aliphatic rings. The summed E-state index contributed by atoms with van der Waals surface area (Å²) in [5, 5.41) is 2.70. The first-order valence-corrected chi connectivity index (χ1v) is 8.92. The van der Waals surface area contributed by atoms with Crippen molar-refractivity contribution in [1.29, 1.82) is 0 Å². The molecule has 3 aromatic rings. The molecule has 0 spiro atoms. The predicted molar refractivity (Wildman–Crippen MR) is 103 cm³/mol. The van der Waals surface area contributed by atoms with Crippen LogP contribution >= 0.6 is 0 Å². The zero-order valence-corrected chi connectivity index (χ0v) is 15.4. The summed E-state index contributed by atoms with van der Waals surface area (Å²) >= 11 is 0. The number of pyridine rings is 1. The summed E-state index contributed by atoms with van der Waals surface area (Å²) in [6.45, 7) is 1.68. The van der Waals surface area contributed by atoms with Gasteiger partial charge in [-0.2, -0.15) is 0 Å². The molecule has 2 aromatic carbocycles. The lowest BCUT2D eigenvalue weighted by molar-refractivity contribution is 0.109. The molecule has 1 N–H and O–H groups in total. The SMILES string of the molecule is C[C@@]1(c2cncc(C#Cc3ccccc3)c2)NC(=O)O[C@H]1c1cc(F)ccc1F. The van der Waals surface area contributed by atoms with Gasteiger partial charge in [-0.15, -0.1) is 0 Å². The number of amides is 1. The molecule has 6 heteroatoms. The summed E-state index contributed by atoms with van der Waals surface area (Å²) < 4.78 is 33.4. The number of cyclic esters (lactones) is 1. The van der Waals surface area contributed by atoms with Crippen LogP contribution in [0.1, 0.15) is 35.3 Å². The Morgan fingerprint density at radius 2 is 1.79 bits per heavy atom. The van der Waals surface area contributed by atoms with E-state index in [4.69, 9.17) is 4.74 Å². The lowest BCUT2D eigenvalue weighted by Crippen LogP contribution is -2.39. The molecule has 144 valence electrons. The first-order chi connectivity index (χ1) is 14.0. The first kappa shape index (κ1) is 18.6. The van der Waals surface area contributed by atoms with E-state index < -0.39 is 29.4 Å². The predicted octanol–water partition coefficient (Wildman–Crippen LogP) is 4.46. The number of halogens is 2. The van der Waals surface area contributed by atoms with Crippen LogP contribution < -0.4 is 5.32 Å². The number of nitrogens with one attached hydrogen (secondary N) is 1. The number of alkyl carbamates (subject to hydrolysis) is 1. The number of carbonyl (C=O) groups is 1. The monoisotopic (exact) mass is 390 g/mol. The zero-order valence-electron chi connectivity index (χ0n) is 15.4. The largest absolute Gasteiger partial charge is 0.438 e. The van der Waals surface area contributed by atoms with E-state index in [1.807, 2.05) is 30.3 Å². The molecule has 1 amide bonds. The number of carbonyl (C=O) groups excluding carboxylic acids is 1. The van der Waals surface area contributed by atoms with E-state index in [-0.39, 0.29) is 5.56 Å². The van der Waals surface area contributed by atoms with Crippen LogP contribution in [0.25, 0.3) is 0 Å². The van der Waals surface area contributed by atoms with Crippen LogP contribution in [0.2, 0.25) is 0 Å². The number of benzene rings is 2. The minimum atomic E-state index is -1.15. The Balaban J connectivity index is 1.73. The van der Waals surface area contributed by atoms with Gasteiger partial charge in [-0.05, 0) is 43.3 Å². The van der Waals surface area contributed by atoms with Crippen molar-refractivity contribution in [2.45, 2.75) is 18.6 Å². The molecule has 4 rings (SSSR count).